The molecule has 2 aromatic rings. The highest BCUT2D eigenvalue weighted by Crippen LogP contribution is 2.22. The predicted molar refractivity (Wildman–Crippen MR) is 101 cm³/mol. The van der Waals surface area contributed by atoms with Crippen molar-refractivity contribution in [2.75, 3.05) is 10.6 Å². The van der Waals surface area contributed by atoms with Gasteiger partial charge in [-0.2, -0.15) is 0 Å². The molecule has 0 saturated carbocycles. The van der Waals surface area contributed by atoms with Gasteiger partial charge < -0.3 is 5.32 Å². The van der Waals surface area contributed by atoms with Gasteiger partial charge in [-0.1, -0.05) is 29.8 Å². The van der Waals surface area contributed by atoms with Crippen molar-refractivity contribution in [3.63, 3.8) is 0 Å². The molecular weight excluding hydrogens is 355 g/mol. The van der Waals surface area contributed by atoms with Gasteiger partial charge in [-0.25, -0.2) is 12.8 Å². The molecule has 0 unspecified atom stereocenters. The summed E-state index contributed by atoms with van der Waals surface area (Å²) in [5.74, 6) is -0.795. The number of sulfonamides is 1. The summed E-state index contributed by atoms with van der Waals surface area (Å²) in [4.78, 5) is 12.6. The van der Waals surface area contributed by atoms with Crippen molar-refractivity contribution in [2.24, 2.45) is 0 Å². The lowest BCUT2D eigenvalue weighted by atomic mass is 10.1. The highest BCUT2D eigenvalue weighted by atomic mass is 32.2. The topological polar surface area (TPSA) is 66.5 Å². The van der Waals surface area contributed by atoms with Gasteiger partial charge in [0.2, 0.25) is 15.9 Å². The number of nitrogens with zero attached hydrogens (tertiary/aromatic N) is 1. The molecule has 1 amide bonds. The lowest BCUT2D eigenvalue weighted by Gasteiger charge is -2.29. The Morgan fingerprint density at radius 2 is 1.58 bits per heavy atom. The van der Waals surface area contributed by atoms with Crippen LogP contribution in [0.15, 0.2) is 48.5 Å². The molecule has 0 aromatic heterocycles. The van der Waals surface area contributed by atoms with Gasteiger partial charge in [0, 0.05) is 0 Å². The Kier molecular flexibility index (Phi) is 6.02. The Morgan fingerprint density at radius 3 is 2.08 bits per heavy atom. The first-order valence-electron chi connectivity index (χ1n) is 8.21. The quantitative estimate of drug-likeness (QED) is 0.840. The van der Waals surface area contributed by atoms with E-state index >= 15 is 0 Å². The molecule has 0 radical (unpaired) electrons. The van der Waals surface area contributed by atoms with Crippen LogP contribution >= 0.6 is 0 Å². The molecule has 0 spiro atoms. The Morgan fingerprint density at radius 1 is 1.04 bits per heavy atom. The molecule has 2 atom stereocenters. The van der Waals surface area contributed by atoms with Crippen molar-refractivity contribution < 1.29 is 17.6 Å². The van der Waals surface area contributed by atoms with E-state index in [1.807, 2.05) is 6.92 Å². The second-order valence-corrected chi connectivity index (χ2v) is 8.21. The van der Waals surface area contributed by atoms with Gasteiger partial charge in [-0.05, 0) is 50.6 Å². The first-order valence-corrected chi connectivity index (χ1v) is 10.1. The fraction of sp³-hybridized carbons (Fsp3) is 0.316. The molecule has 0 saturated heterocycles. The molecule has 7 heteroatoms. The van der Waals surface area contributed by atoms with E-state index in [1.165, 1.54) is 19.1 Å². The number of benzene rings is 2. The second kappa shape index (κ2) is 7.86. The number of hydrogen-bond donors (Lipinski definition) is 1. The largest absolute Gasteiger partial charge is 0.348 e. The number of aryl methyl sites for hydroxylation is 1. The van der Waals surface area contributed by atoms with E-state index in [0.29, 0.717) is 5.69 Å². The first kappa shape index (κ1) is 19.9. The van der Waals surface area contributed by atoms with Gasteiger partial charge in [-0.15, -0.1) is 0 Å². The summed E-state index contributed by atoms with van der Waals surface area (Å²) < 4.78 is 38.7. The molecule has 0 aliphatic rings. The lowest BCUT2D eigenvalue weighted by molar-refractivity contribution is -0.122. The van der Waals surface area contributed by atoms with Crippen molar-refractivity contribution in [3.8, 4) is 0 Å². The van der Waals surface area contributed by atoms with Crippen LogP contribution in [0.5, 0.6) is 0 Å². The molecule has 0 bridgehead atoms. The molecule has 2 aromatic carbocycles. The third-order valence-electron chi connectivity index (χ3n) is 4.11. The van der Waals surface area contributed by atoms with Crippen LogP contribution in [0.3, 0.4) is 0 Å². The zero-order valence-corrected chi connectivity index (χ0v) is 16.0. The van der Waals surface area contributed by atoms with Crippen molar-refractivity contribution in [1.29, 1.82) is 0 Å². The van der Waals surface area contributed by atoms with Gasteiger partial charge in [0.25, 0.3) is 0 Å². The number of carbonyl (C=O) groups is 1. The van der Waals surface area contributed by atoms with Crippen molar-refractivity contribution in [1.82, 2.24) is 5.32 Å². The van der Waals surface area contributed by atoms with Gasteiger partial charge in [0.15, 0.2) is 0 Å². The fourth-order valence-electron chi connectivity index (χ4n) is 2.67. The van der Waals surface area contributed by atoms with Crippen LogP contribution in [0, 0.1) is 12.7 Å². The molecule has 0 heterocycles. The normalized spacial score (nSPS) is 13.7. The third-order valence-corrected chi connectivity index (χ3v) is 5.35. The minimum atomic E-state index is -3.66. The number of nitrogens with one attached hydrogen (secondary N) is 1. The second-order valence-electron chi connectivity index (χ2n) is 6.35. The minimum absolute atomic E-state index is 0.358. The third kappa shape index (κ3) is 4.82. The standard InChI is InChI=1S/C19H23FN2O3S/c1-13-5-11-18(12-6-13)22(26(4,24)25)15(3)19(23)21-14(2)16-7-9-17(20)10-8-16/h5-12,14-15H,1-4H3,(H,21,23)/t14-,15-/m1/s1. The van der Waals surface area contributed by atoms with E-state index in [2.05, 4.69) is 5.32 Å². The van der Waals surface area contributed by atoms with E-state index in [9.17, 15) is 17.6 Å². The van der Waals surface area contributed by atoms with E-state index in [1.54, 1.807) is 43.3 Å². The zero-order chi connectivity index (χ0) is 19.5. The predicted octanol–water partition coefficient (Wildman–Crippen LogP) is 3.17. The number of amides is 1. The van der Waals surface area contributed by atoms with E-state index in [0.717, 1.165) is 21.7 Å². The molecule has 140 valence electrons. The monoisotopic (exact) mass is 378 g/mol. The van der Waals surface area contributed by atoms with Crippen molar-refractivity contribution in [3.05, 3.63) is 65.5 Å². The van der Waals surface area contributed by atoms with Crippen molar-refractivity contribution in [2.45, 2.75) is 32.9 Å². The van der Waals surface area contributed by atoms with Gasteiger partial charge in [0.05, 0.1) is 18.0 Å². The number of hydrogen-bond acceptors (Lipinski definition) is 3. The summed E-state index contributed by atoms with van der Waals surface area (Å²) in [6.07, 6.45) is 1.07. The SMILES string of the molecule is Cc1ccc(N([C@H](C)C(=O)N[C@H](C)c2ccc(F)cc2)S(C)(=O)=O)cc1. The molecule has 2 rings (SSSR count). The van der Waals surface area contributed by atoms with Crippen LogP contribution in [0.25, 0.3) is 0 Å². The lowest BCUT2D eigenvalue weighted by Crippen LogP contribution is -2.48. The zero-order valence-electron chi connectivity index (χ0n) is 15.2. The molecule has 0 aliphatic carbocycles. The molecule has 5 nitrogen and oxygen atoms in total. The summed E-state index contributed by atoms with van der Waals surface area (Å²) in [7, 11) is -3.66. The van der Waals surface area contributed by atoms with Crippen LogP contribution in [-0.2, 0) is 14.8 Å². The Hall–Kier alpha value is -2.41. The smallest absolute Gasteiger partial charge is 0.244 e. The average Bonchev–Trinajstić information content (AvgIpc) is 2.56. The van der Waals surface area contributed by atoms with E-state index in [-0.39, 0.29) is 11.9 Å². The van der Waals surface area contributed by atoms with Crippen molar-refractivity contribution >= 4 is 21.6 Å². The summed E-state index contributed by atoms with van der Waals surface area (Å²) in [5, 5.41) is 2.78. The molecular formula is C19H23FN2O3S. The fourth-order valence-corrected chi connectivity index (χ4v) is 3.84. The average molecular weight is 378 g/mol. The summed E-state index contributed by atoms with van der Waals surface area (Å²) in [5.41, 5.74) is 2.15. The van der Waals surface area contributed by atoms with E-state index < -0.39 is 22.0 Å². The van der Waals surface area contributed by atoms with Crippen LogP contribution in [0.2, 0.25) is 0 Å². The number of carbonyl (C=O) groups excluding carboxylic acids is 1. The Labute approximate surface area is 153 Å². The summed E-state index contributed by atoms with van der Waals surface area (Å²) in [6, 6.07) is 11.4. The maximum atomic E-state index is 13.0. The first-order chi connectivity index (χ1) is 12.1. The van der Waals surface area contributed by atoms with Crippen LogP contribution < -0.4 is 9.62 Å². The minimum Gasteiger partial charge on any atom is -0.348 e. The Balaban J connectivity index is 2.22. The Bertz CT molecular complexity index is 865. The van der Waals surface area contributed by atoms with Crippen LogP contribution in [-0.4, -0.2) is 26.6 Å². The molecule has 0 fully saturated rings. The number of rotatable bonds is 6. The summed E-state index contributed by atoms with van der Waals surface area (Å²) in [6.45, 7) is 5.19. The highest BCUT2D eigenvalue weighted by molar-refractivity contribution is 7.92. The van der Waals surface area contributed by atoms with Gasteiger partial charge in [-0.3, -0.25) is 9.10 Å². The van der Waals surface area contributed by atoms with Gasteiger partial charge >= 0.3 is 0 Å². The molecule has 26 heavy (non-hydrogen) atoms. The maximum absolute atomic E-state index is 13.0. The van der Waals surface area contributed by atoms with E-state index in [4.69, 9.17) is 0 Å². The summed E-state index contributed by atoms with van der Waals surface area (Å²) >= 11 is 0. The maximum Gasteiger partial charge on any atom is 0.244 e. The van der Waals surface area contributed by atoms with Gasteiger partial charge in [0.1, 0.15) is 11.9 Å². The van der Waals surface area contributed by atoms with Crippen LogP contribution in [0.1, 0.15) is 31.0 Å². The molecule has 0 aliphatic heterocycles. The molecule has 1 N–H and O–H groups in total. The highest BCUT2D eigenvalue weighted by Gasteiger charge is 2.29. The number of halogens is 1. The number of anilines is 1. The van der Waals surface area contributed by atoms with Crippen LogP contribution in [0.4, 0.5) is 10.1 Å².